The van der Waals surface area contributed by atoms with Gasteiger partial charge in [-0.2, -0.15) is 0 Å². The van der Waals surface area contributed by atoms with Gasteiger partial charge < -0.3 is 14.7 Å². The summed E-state index contributed by atoms with van der Waals surface area (Å²) >= 11 is 0. The fraction of sp³-hybridized carbons (Fsp3) is 0.529. The molecule has 0 spiro atoms. The van der Waals surface area contributed by atoms with Gasteiger partial charge in [0.2, 0.25) is 0 Å². The van der Waals surface area contributed by atoms with Crippen LogP contribution in [0.2, 0.25) is 0 Å². The van der Waals surface area contributed by atoms with E-state index in [2.05, 4.69) is 0 Å². The summed E-state index contributed by atoms with van der Waals surface area (Å²) in [5.74, 6) is -1.85. The highest BCUT2D eigenvalue weighted by atomic mass is 19.1. The summed E-state index contributed by atoms with van der Waals surface area (Å²) < 4.78 is 19.2. The van der Waals surface area contributed by atoms with E-state index in [1.807, 2.05) is 0 Å². The van der Waals surface area contributed by atoms with Crippen LogP contribution in [0.15, 0.2) is 18.2 Å². The largest absolute Gasteiger partial charge is 0.490 e. The van der Waals surface area contributed by atoms with Crippen molar-refractivity contribution in [2.45, 2.75) is 26.2 Å². The number of carbonyl (C=O) groups is 2. The molecule has 0 aromatic heterocycles. The fourth-order valence-corrected chi connectivity index (χ4v) is 3.93. The second kappa shape index (κ2) is 5.83. The number of nitrogens with zero attached hydrogens (tertiary/aromatic N) is 1. The molecule has 2 fully saturated rings. The minimum absolute atomic E-state index is 0.0203. The smallest absolute Gasteiger partial charge is 0.311 e. The minimum atomic E-state index is -0.839. The third kappa shape index (κ3) is 2.46. The van der Waals surface area contributed by atoms with Crippen molar-refractivity contribution in [3.8, 4) is 5.75 Å². The van der Waals surface area contributed by atoms with Gasteiger partial charge in [-0.25, -0.2) is 4.39 Å². The van der Waals surface area contributed by atoms with Crippen LogP contribution in [0.5, 0.6) is 5.75 Å². The van der Waals surface area contributed by atoms with Crippen molar-refractivity contribution in [3.63, 3.8) is 0 Å². The number of rotatable bonds is 4. The van der Waals surface area contributed by atoms with Crippen LogP contribution in [0.1, 0.15) is 36.5 Å². The third-order valence-electron chi connectivity index (χ3n) is 5.07. The molecule has 1 N–H and O–H groups in total. The van der Waals surface area contributed by atoms with Gasteiger partial charge in [0.15, 0.2) is 11.6 Å². The molecule has 1 saturated carbocycles. The Morgan fingerprint density at radius 2 is 2.26 bits per heavy atom. The van der Waals surface area contributed by atoms with E-state index >= 15 is 0 Å². The third-order valence-corrected chi connectivity index (χ3v) is 5.07. The lowest BCUT2D eigenvalue weighted by atomic mass is 9.81. The van der Waals surface area contributed by atoms with Crippen molar-refractivity contribution in [1.29, 1.82) is 0 Å². The number of likely N-dealkylation sites (tertiary alicyclic amines) is 1. The molecule has 3 rings (SSSR count). The van der Waals surface area contributed by atoms with Gasteiger partial charge in [0, 0.05) is 13.1 Å². The molecule has 2 aliphatic rings. The Balaban J connectivity index is 1.88. The summed E-state index contributed by atoms with van der Waals surface area (Å²) in [6, 6.07) is 4.24. The number of hydrogen-bond acceptors (Lipinski definition) is 3. The lowest BCUT2D eigenvalue weighted by Crippen LogP contribution is -2.37. The quantitative estimate of drug-likeness (QED) is 0.925. The van der Waals surface area contributed by atoms with Crippen molar-refractivity contribution in [2.24, 2.45) is 11.3 Å². The maximum atomic E-state index is 13.9. The van der Waals surface area contributed by atoms with Gasteiger partial charge in [-0.05, 0) is 37.8 Å². The molecule has 0 unspecified atom stereocenters. The van der Waals surface area contributed by atoms with E-state index in [-0.39, 0.29) is 36.3 Å². The van der Waals surface area contributed by atoms with E-state index in [1.54, 1.807) is 6.92 Å². The van der Waals surface area contributed by atoms with Gasteiger partial charge >= 0.3 is 5.97 Å². The van der Waals surface area contributed by atoms with Crippen LogP contribution in [0.3, 0.4) is 0 Å². The molecule has 1 amide bonds. The predicted molar refractivity (Wildman–Crippen MR) is 80.9 cm³/mol. The number of aliphatic carboxylic acids is 1. The number of fused-ring (bicyclic) bond motifs is 1. The average molecular weight is 321 g/mol. The molecular weight excluding hydrogens is 301 g/mol. The Morgan fingerprint density at radius 1 is 1.48 bits per heavy atom. The molecule has 1 aliphatic heterocycles. The number of carboxylic acids is 1. The topological polar surface area (TPSA) is 66.8 Å². The molecule has 5 nitrogen and oxygen atoms in total. The van der Waals surface area contributed by atoms with Crippen molar-refractivity contribution in [1.82, 2.24) is 4.90 Å². The Morgan fingerprint density at radius 3 is 2.91 bits per heavy atom. The zero-order valence-electron chi connectivity index (χ0n) is 13.0. The molecule has 1 aliphatic carbocycles. The van der Waals surface area contributed by atoms with Crippen LogP contribution in [-0.2, 0) is 4.79 Å². The molecule has 2 atom stereocenters. The number of benzene rings is 1. The Hall–Kier alpha value is -2.11. The second-order valence-corrected chi connectivity index (χ2v) is 6.29. The van der Waals surface area contributed by atoms with Gasteiger partial charge in [-0.3, -0.25) is 9.59 Å². The van der Waals surface area contributed by atoms with Gasteiger partial charge in [0.05, 0.1) is 17.6 Å². The Bertz CT molecular complexity index is 647. The van der Waals surface area contributed by atoms with E-state index < -0.39 is 17.2 Å². The van der Waals surface area contributed by atoms with E-state index in [1.165, 1.54) is 23.1 Å². The molecule has 1 aromatic rings. The highest BCUT2D eigenvalue weighted by molar-refractivity contribution is 5.97. The highest BCUT2D eigenvalue weighted by Gasteiger charge is 2.56. The zero-order chi connectivity index (χ0) is 16.6. The first-order valence-electron chi connectivity index (χ1n) is 7.93. The maximum absolute atomic E-state index is 13.9. The number of ether oxygens (including phenoxy) is 1. The maximum Gasteiger partial charge on any atom is 0.311 e. The standard InChI is InChI=1S/C17H20FNO4/c1-2-23-14-12(6-3-7-13(14)18)15(20)19-9-11-5-4-8-17(11,10-19)16(21)22/h3,6-7,11H,2,4-5,8-10H2,1H3,(H,21,22)/t11-,17+/m0/s1. The number of para-hydroxylation sites is 1. The lowest BCUT2D eigenvalue weighted by molar-refractivity contribution is -0.149. The monoisotopic (exact) mass is 321 g/mol. The first-order chi connectivity index (χ1) is 11.0. The predicted octanol–water partition coefficient (Wildman–Crippen LogP) is 2.55. The van der Waals surface area contributed by atoms with Crippen LogP contribution in [0.4, 0.5) is 4.39 Å². The number of halogens is 1. The number of amides is 1. The summed E-state index contributed by atoms with van der Waals surface area (Å²) in [6.45, 7) is 2.57. The summed E-state index contributed by atoms with van der Waals surface area (Å²) in [4.78, 5) is 26.0. The summed E-state index contributed by atoms with van der Waals surface area (Å²) in [5, 5.41) is 9.60. The molecule has 23 heavy (non-hydrogen) atoms. The number of hydrogen-bond donors (Lipinski definition) is 1. The Kier molecular flexibility index (Phi) is 4.00. The van der Waals surface area contributed by atoms with Crippen molar-refractivity contribution in [3.05, 3.63) is 29.6 Å². The van der Waals surface area contributed by atoms with Gasteiger partial charge in [0.25, 0.3) is 5.91 Å². The minimum Gasteiger partial charge on any atom is -0.490 e. The van der Waals surface area contributed by atoms with E-state index in [9.17, 15) is 19.1 Å². The molecule has 6 heteroatoms. The molecular formula is C17H20FNO4. The molecule has 1 saturated heterocycles. The molecule has 0 bridgehead atoms. The highest BCUT2D eigenvalue weighted by Crippen LogP contribution is 2.49. The van der Waals surface area contributed by atoms with E-state index in [0.717, 1.165) is 12.8 Å². The lowest BCUT2D eigenvalue weighted by Gasteiger charge is -2.23. The van der Waals surface area contributed by atoms with E-state index in [0.29, 0.717) is 13.0 Å². The number of carboxylic acid groups (broad SMARTS) is 1. The van der Waals surface area contributed by atoms with E-state index in [4.69, 9.17) is 4.74 Å². The van der Waals surface area contributed by atoms with Crippen LogP contribution in [-0.4, -0.2) is 41.6 Å². The van der Waals surface area contributed by atoms with Gasteiger partial charge in [-0.15, -0.1) is 0 Å². The zero-order valence-corrected chi connectivity index (χ0v) is 13.0. The fourth-order valence-electron chi connectivity index (χ4n) is 3.93. The molecule has 1 aromatic carbocycles. The van der Waals surface area contributed by atoms with Crippen LogP contribution in [0, 0.1) is 17.2 Å². The molecule has 1 heterocycles. The molecule has 124 valence electrons. The average Bonchev–Trinajstić information content (AvgIpc) is 3.07. The van der Waals surface area contributed by atoms with Crippen LogP contribution >= 0.6 is 0 Å². The first kappa shape index (κ1) is 15.8. The summed E-state index contributed by atoms with van der Waals surface area (Å²) in [6.07, 6.45) is 2.29. The van der Waals surface area contributed by atoms with Crippen molar-refractivity contribution in [2.75, 3.05) is 19.7 Å². The second-order valence-electron chi connectivity index (χ2n) is 6.29. The van der Waals surface area contributed by atoms with Crippen molar-refractivity contribution < 1.29 is 23.8 Å². The van der Waals surface area contributed by atoms with Crippen molar-refractivity contribution >= 4 is 11.9 Å². The summed E-state index contributed by atoms with van der Waals surface area (Å²) in [7, 11) is 0. The van der Waals surface area contributed by atoms with Gasteiger partial charge in [-0.1, -0.05) is 12.5 Å². The SMILES string of the molecule is CCOc1c(F)cccc1C(=O)N1C[C@@H]2CCC[C@@]2(C(=O)O)C1. The Labute approximate surface area is 134 Å². The first-order valence-corrected chi connectivity index (χ1v) is 7.93. The normalized spacial score (nSPS) is 26.2. The van der Waals surface area contributed by atoms with Crippen LogP contribution in [0.25, 0.3) is 0 Å². The van der Waals surface area contributed by atoms with Crippen LogP contribution < -0.4 is 4.74 Å². The van der Waals surface area contributed by atoms with Gasteiger partial charge in [0.1, 0.15) is 0 Å². The molecule has 0 radical (unpaired) electrons. The summed E-state index contributed by atoms with van der Waals surface area (Å²) in [5.41, 5.74) is -0.679. The number of carbonyl (C=O) groups excluding carboxylic acids is 1.